The van der Waals surface area contributed by atoms with Crippen LogP contribution in [0.1, 0.15) is 0 Å². The lowest BCUT2D eigenvalue weighted by Gasteiger charge is -2.15. The van der Waals surface area contributed by atoms with Crippen molar-refractivity contribution in [2.24, 2.45) is 0 Å². The quantitative estimate of drug-likeness (QED) is 0.865. The van der Waals surface area contributed by atoms with Crippen LogP contribution in [0.5, 0.6) is 0 Å². The van der Waals surface area contributed by atoms with Gasteiger partial charge in [0.1, 0.15) is 0 Å². The zero-order chi connectivity index (χ0) is 11.5. The second-order valence-electron chi connectivity index (χ2n) is 3.00. The van der Waals surface area contributed by atoms with Gasteiger partial charge >= 0.3 is 0 Å². The summed E-state index contributed by atoms with van der Waals surface area (Å²) in [6, 6.07) is 5.90. The minimum absolute atomic E-state index is 0.0744. The first-order valence-corrected chi connectivity index (χ1v) is 6.13. The van der Waals surface area contributed by atoms with E-state index in [2.05, 4.69) is 0 Å². The molecule has 0 aromatic heterocycles. The number of aliphatic hydroxyl groups is 1. The third-order valence-electron chi connectivity index (χ3n) is 1.94. The van der Waals surface area contributed by atoms with Gasteiger partial charge in [-0.15, -0.1) is 0 Å². The largest absolute Gasteiger partial charge is 0.395 e. The number of rotatable bonds is 4. The van der Waals surface area contributed by atoms with E-state index in [0.717, 1.165) is 4.31 Å². The van der Waals surface area contributed by atoms with Gasteiger partial charge in [-0.3, -0.25) is 0 Å². The summed E-state index contributed by atoms with van der Waals surface area (Å²) in [4.78, 5) is 0.169. The maximum Gasteiger partial charge on any atom is 0.242 e. The summed E-state index contributed by atoms with van der Waals surface area (Å²) in [5.41, 5.74) is 0. The van der Waals surface area contributed by atoms with Crippen molar-refractivity contribution in [2.45, 2.75) is 4.90 Å². The predicted octanol–water partition coefficient (Wildman–Crippen LogP) is 0.953. The molecule has 6 heteroatoms. The van der Waals surface area contributed by atoms with Gasteiger partial charge in [-0.25, -0.2) is 8.42 Å². The van der Waals surface area contributed by atoms with E-state index < -0.39 is 10.0 Å². The Balaban J connectivity index is 3.01. The van der Waals surface area contributed by atoms with Crippen molar-refractivity contribution < 1.29 is 13.5 Å². The van der Waals surface area contributed by atoms with Crippen molar-refractivity contribution in [1.29, 1.82) is 0 Å². The molecular weight excluding hydrogens is 238 g/mol. The van der Waals surface area contributed by atoms with Gasteiger partial charge in [0.25, 0.3) is 0 Å². The minimum atomic E-state index is -3.50. The molecule has 0 aliphatic heterocycles. The molecular formula is C9H12ClNO3S. The third kappa shape index (κ3) is 2.92. The molecule has 0 saturated carbocycles. The number of hydrogen-bond donors (Lipinski definition) is 1. The van der Waals surface area contributed by atoms with Crippen LogP contribution in [0.3, 0.4) is 0 Å². The first kappa shape index (κ1) is 12.4. The van der Waals surface area contributed by atoms with Crippen LogP contribution in [-0.2, 0) is 10.0 Å². The van der Waals surface area contributed by atoms with E-state index in [4.69, 9.17) is 16.7 Å². The number of sulfonamides is 1. The van der Waals surface area contributed by atoms with Crippen LogP contribution in [-0.4, -0.2) is 38.0 Å². The lowest BCUT2D eigenvalue weighted by atomic mass is 10.4. The molecule has 84 valence electrons. The maximum absolute atomic E-state index is 11.8. The lowest BCUT2D eigenvalue weighted by molar-refractivity contribution is 0.266. The van der Waals surface area contributed by atoms with E-state index in [9.17, 15) is 8.42 Å². The Bertz CT molecular complexity index is 415. The highest BCUT2D eigenvalue weighted by Gasteiger charge is 2.19. The standard InChI is InChI=1S/C9H12ClNO3S/c1-11(6-7-12)15(13,14)9-4-2-8(10)3-5-9/h2-5,12H,6-7H2,1H3. The van der Waals surface area contributed by atoms with E-state index in [1.165, 1.54) is 31.3 Å². The van der Waals surface area contributed by atoms with Crippen LogP contribution in [0.15, 0.2) is 29.2 Å². The molecule has 1 N–H and O–H groups in total. The van der Waals surface area contributed by atoms with E-state index in [-0.39, 0.29) is 18.0 Å². The topological polar surface area (TPSA) is 57.6 Å². The average Bonchev–Trinajstić information content (AvgIpc) is 2.18. The van der Waals surface area contributed by atoms with Crippen molar-refractivity contribution in [1.82, 2.24) is 4.31 Å². The van der Waals surface area contributed by atoms with Crippen molar-refractivity contribution in [3.05, 3.63) is 29.3 Å². The second-order valence-corrected chi connectivity index (χ2v) is 5.49. The number of aliphatic hydroxyl groups excluding tert-OH is 1. The molecule has 0 aliphatic carbocycles. The van der Waals surface area contributed by atoms with Gasteiger partial charge in [-0.2, -0.15) is 4.31 Å². The fourth-order valence-corrected chi connectivity index (χ4v) is 2.34. The van der Waals surface area contributed by atoms with Crippen LogP contribution in [0.4, 0.5) is 0 Å². The Morgan fingerprint density at radius 3 is 2.33 bits per heavy atom. The summed E-state index contributed by atoms with van der Waals surface area (Å²) < 4.78 is 24.7. The molecule has 15 heavy (non-hydrogen) atoms. The normalized spacial score (nSPS) is 12.0. The van der Waals surface area contributed by atoms with Crippen LogP contribution in [0.25, 0.3) is 0 Å². The van der Waals surface area contributed by atoms with Gasteiger partial charge in [0.05, 0.1) is 11.5 Å². The Morgan fingerprint density at radius 2 is 1.87 bits per heavy atom. The molecule has 0 bridgehead atoms. The molecule has 1 aromatic carbocycles. The molecule has 4 nitrogen and oxygen atoms in total. The fraction of sp³-hybridized carbons (Fsp3) is 0.333. The third-order valence-corrected chi connectivity index (χ3v) is 4.06. The summed E-state index contributed by atoms with van der Waals surface area (Å²) in [5, 5.41) is 9.15. The highest BCUT2D eigenvalue weighted by Crippen LogP contribution is 2.16. The molecule has 0 unspecified atom stereocenters. The Morgan fingerprint density at radius 1 is 1.33 bits per heavy atom. The van der Waals surface area contributed by atoms with Crippen LogP contribution >= 0.6 is 11.6 Å². The molecule has 0 heterocycles. The van der Waals surface area contributed by atoms with E-state index >= 15 is 0 Å². The summed E-state index contributed by atoms with van der Waals surface area (Å²) in [6.45, 7) is -0.131. The highest BCUT2D eigenvalue weighted by molar-refractivity contribution is 7.89. The van der Waals surface area contributed by atoms with E-state index in [1.807, 2.05) is 0 Å². The molecule has 1 aromatic rings. The van der Waals surface area contributed by atoms with Crippen LogP contribution in [0, 0.1) is 0 Å². The maximum atomic E-state index is 11.8. The Hall–Kier alpha value is -0.620. The molecule has 0 aliphatic rings. The highest BCUT2D eigenvalue weighted by atomic mass is 35.5. The number of likely N-dealkylation sites (N-methyl/N-ethyl adjacent to an activating group) is 1. The van der Waals surface area contributed by atoms with Crippen LogP contribution in [0.2, 0.25) is 5.02 Å². The number of hydrogen-bond acceptors (Lipinski definition) is 3. The minimum Gasteiger partial charge on any atom is -0.395 e. The fourth-order valence-electron chi connectivity index (χ4n) is 1.05. The second kappa shape index (κ2) is 4.94. The van der Waals surface area contributed by atoms with Gasteiger partial charge in [-0.05, 0) is 24.3 Å². The smallest absolute Gasteiger partial charge is 0.242 e. The number of benzene rings is 1. The van der Waals surface area contributed by atoms with Crippen LogP contribution < -0.4 is 0 Å². The monoisotopic (exact) mass is 249 g/mol. The van der Waals surface area contributed by atoms with Crippen molar-refractivity contribution in [3.63, 3.8) is 0 Å². The van der Waals surface area contributed by atoms with Gasteiger partial charge in [-0.1, -0.05) is 11.6 Å². The molecule has 0 radical (unpaired) electrons. The Labute approximate surface area is 94.1 Å². The predicted molar refractivity (Wildman–Crippen MR) is 58.4 cm³/mol. The number of halogens is 1. The average molecular weight is 250 g/mol. The van der Waals surface area contributed by atoms with Crippen molar-refractivity contribution in [2.75, 3.05) is 20.2 Å². The molecule has 0 atom stereocenters. The zero-order valence-electron chi connectivity index (χ0n) is 8.22. The summed E-state index contributed by atoms with van der Waals surface area (Å²) in [6.07, 6.45) is 0. The molecule has 0 amide bonds. The van der Waals surface area contributed by atoms with Gasteiger partial charge in [0.15, 0.2) is 0 Å². The first-order chi connectivity index (χ1) is 6.98. The molecule has 0 fully saturated rings. The summed E-state index contributed by atoms with van der Waals surface area (Å²) in [5.74, 6) is 0. The molecule has 0 saturated heterocycles. The molecule has 1 rings (SSSR count). The van der Waals surface area contributed by atoms with Crippen molar-refractivity contribution in [3.8, 4) is 0 Å². The SMILES string of the molecule is CN(CCO)S(=O)(=O)c1ccc(Cl)cc1. The zero-order valence-corrected chi connectivity index (χ0v) is 9.79. The molecule has 0 spiro atoms. The van der Waals surface area contributed by atoms with Crippen molar-refractivity contribution >= 4 is 21.6 Å². The van der Waals surface area contributed by atoms with Gasteiger partial charge < -0.3 is 5.11 Å². The van der Waals surface area contributed by atoms with E-state index in [1.54, 1.807) is 0 Å². The Kier molecular flexibility index (Phi) is 4.10. The van der Waals surface area contributed by atoms with E-state index in [0.29, 0.717) is 5.02 Å². The summed E-state index contributed by atoms with van der Waals surface area (Å²) in [7, 11) is -2.09. The van der Waals surface area contributed by atoms with Gasteiger partial charge in [0, 0.05) is 18.6 Å². The number of nitrogens with zero attached hydrogens (tertiary/aromatic N) is 1. The lowest BCUT2D eigenvalue weighted by Crippen LogP contribution is -2.29. The first-order valence-electron chi connectivity index (χ1n) is 4.31. The summed E-state index contributed by atoms with van der Waals surface area (Å²) >= 11 is 5.65. The van der Waals surface area contributed by atoms with Gasteiger partial charge in [0.2, 0.25) is 10.0 Å².